The van der Waals surface area contributed by atoms with Gasteiger partial charge in [-0.25, -0.2) is 0 Å². The average Bonchev–Trinajstić information content (AvgIpc) is 3.81. The van der Waals surface area contributed by atoms with Crippen LogP contribution in [0.3, 0.4) is 0 Å². The zero-order chi connectivity index (χ0) is 42.8. The summed E-state index contributed by atoms with van der Waals surface area (Å²) in [7, 11) is 0.828. The third-order valence-corrected chi connectivity index (χ3v) is 16.0. The van der Waals surface area contributed by atoms with Gasteiger partial charge in [0.1, 0.15) is 0 Å². The van der Waals surface area contributed by atoms with Crippen molar-refractivity contribution in [2.24, 2.45) is 0 Å². The molecule has 1 N–H and O–H groups in total. The second-order valence-electron chi connectivity index (χ2n) is 19.3. The van der Waals surface area contributed by atoms with Gasteiger partial charge in [0.15, 0.2) is 7.28 Å². The molecule has 8 aromatic carbocycles. The summed E-state index contributed by atoms with van der Waals surface area (Å²) in [6.45, 7) is 14.3. The number of nitrogens with one attached hydrogen (secondary N) is 1. The van der Waals surface area contributed by atoms with Gasteiger partial charge in [-0.15, -0.1) is 0 Å². The molecule has 12 rings (SSSR count). The maximum atomic E-state index is 4.09. The monoisotopic (exact) mass is 830 g/mol. The Labute approximate surface area is 376 Å². The van der Waals surface area contributed by atoms with Crippen LogP contribution in [0.1, 0.15) is 88.1 Å². The lowest BCUT2D eigenvalue weighted by Crippen LogP contribution is -2.42. The van der Waals surface area contributed by atoms with Gasteiger partial charge in [-0.2, -0.15) is 0 Å². The number of aromatic amines is 1. The molecule has 2 aliphatic heterocycles. The molecule has 4 heteroatoms. The number of benzene rings is 8. The van der Waals surface area contributed by atoms with Crippen LogP contribution in [0, 0.1) is 0 Å². The third-order valence-electron chi connectivity index (χ3n) is 14.9. The highest BCUT2D eigenvalue weighted by molar-refractivity contribution is 7.99. The lowest BCUT2D eigenvalue weighted by Gasteiger charge is -2.40. The van der Waals surface area contributed by atoms with E-state index in [1.54, 1.807) is 0 Å². The third kappa shape index (κ3) is 5.66. The van der Waals surface area contributed by atoms with Crippen LogP contribution in [0.2, 0.25) is 0 Å². The molecule has 0 amide bonds. The van der Waals surface area contributed by atoms with E-state index >= 15 is 0 Å². The van der Waals surface area contributed by atoms with Crippen molar-refractivity contribution in [1.82, 2.24) is 4.98 Å². The maximum Gasteiger partial charge on any atom is 0.198 e. The fraction of sp³-hybridized carbons (Fsp3) is 0.186. The second-order valence-corrected chi connectivity index (χ2v) is 20.4. The van der Waals surface area contributed by atoms with E-state index in [0.717, 1.165) is 20.1 Å². The number of fused-ring (bicyclic) bond motifs is 10. The number of nitrogens with zero attached hydrogens (tertiary/aromatic N) is 1. The van der Waals surface area contributed by atoms with Crippen LogP contribution < -0.4 is 15.8 Å². The largest absolute Gasteiger partial charge is 0.354 e. The van der Waals surface area contributed by atoms with Gasteiger partial charge in [0.05, 0.1) is 16.9 Å². The molecular weight excluding hydrogens is 780 g/mol. The molecule has 0 radical (unpaired) electrons. The standard InChI is InChI=1S/C59H51BN2S/c1-7-18-35(2)37-29-30-48(43(31-37)36-19-9-8-10-20-36)62-49-33-46-52(63-51-28-16-15-27-45(51)58(46,3)4)34-47(49)60-55-50(62)32-38-21-11-12-22-39(38)53(55)41-24-17-25-42-54-57(61-56(41)42)40-23-13-14-26-44(40)59(54,5)6/h8-17,19-35,60-61H,7,18H2,1-6H3/t35-/m0/s1. The summed E-state index contributed by atoms with van der Waals surface area (Å²) in [5, 5.41) is 3.85. The summed E-state index contributed by atoms with van der Waals surface area (Å²) >= 11 is 1.93. The number of para-hydroxylation sites is 1. The number of aromatic nitrogens is 1. The van der Waals surface area contributed by atoms with Crippen LogP contribution in [0.4, 0.5) is 17.1 Å². The lowest BCUT2D eigenvalue weighted by atomic mass is 9.57. The molecular formula is C59H51BN2S. The summed E-state index contributed by atoms with van der Waals surface area (Å²) in [5.41, 5.74) is 22.1. The average molecular weight is 831 g/mol. The molecule has 9 aromatic rings. The predicted octanol–water partition coefficient (Wildman–Crippen LogP) is 14.8. The zero-order valence-electron chi connectivity index (χ0n) is 37.1. The van der Waals surface area contributed by atoms with Crippen LogP contribution >= 0.6 is 11.8 Å². The molecule has 0 bridgehead atoms. The highest BCUT2D eigenvalue weighted by Gasteiger charge is 2.40. The van der Waals surface area contributed by atoms with Crippen molar-refractivity contribution in [2.75, 3.05) is 4.90 Å². The molecule has 3 heterocycles. The van der Waals surface area contributed by atoms with Crippen molar-refractivity contribution in [3.8, 4) is 33.5 Å². The van der Waals surface area contributed by atoms with Crippen molar-refractivity contribution in [1.29, 1.82) is 0 Å². The number of H-pyrrole nitrogens is 1. The molecule has 2 nitrogen and oxygen atoms in total. The summed E-state index contributed by atoms with van der Waals surface area (Å²) < 4.78 is 0. The number of hydrogen-bond acceptors (Lipinski definition) is 2. The summed E-state index contributed by atoms with van der Waals surface area (Å²) in [5.74, 6) is 0.466. The van der Waals surface area contributed by atoms with Gasteiger partial charge in [-0.05, 0) is 97.8 Å². The Balaban J connectivity index is 1.17. The maximum absolute atomic E-state index is 4.09. The van der Waals surface area contributed by atoms with E-state index < -0.39 is 0 Å². The van der Waals surface area contributed by atoms with Crippen molar-refractivity contribution >= 4 is 68.7 Å². The molecule has 63 heavy (non-hydrogen) atoms. The normalized spacial score (nSPS) is 15.5. The topological polar surface area (TPSA) is 19.0 Å². The molecule has 306 valence electrons. The molecule has 1 aromatic heterocycles. The molecule has 0 fully saturated rings. The number of rotatable bonds is 6. The van der Waals surface area contributed by atoms with Crippen molar-refractivity contribution < 1.29 is 0 Å². The van der Waals surface area contributed by atoms with Gasteiger partial charge in [-0.1, -0.05) is 193 Å². The first-order valence-corrected chi connectivity index (χ1v) is 23.7. The molecule has 3 aliphatic rings. The van der Waals surface area contributed by atoms with Gasteiger partial charge in [-0.3, -0.25) is 0 Å². The smallest absolute Gasteiger partial charge is 0.198 e. The minimum Gasteiger partial charge on any atom is -0.354 e. The van der Waals surface area contributed by atoms with Crippen LogP contribution in [0.15, 0.2) is 168 Å². The van der Waals surface area contributed by atoms with E-state index in [4.69, 9.17) is 0 Å². The molecule has 0 saturated carbocycles. The highest BCUT2D eigenvalue weighted by Crippen LogP contribution is 2.55. The Morgan fingerprint density at radius 1 is 0.603 bits per heavy atom. The van der Waals surface area contributed by atoms with Crippen molar-refractivity contribution in [3.63, 3.8) is 0 Å². The Kier molecular flexibility index (Phi) is 8.63. The van der Waals surface area contributed by atoms with E-state index in [-0.39, 0.29) is 10.8 Å². The zero-order valence-corrected chi connectivity index (χ0v) is 37.9. The SMILES string of the molecule is CCC[C@H](C)c1ccc(N2c3cc4c(cc3Bc3c2cc2ccccc2c3-c2cccc3c5c([nH]c23)-c2ccccc2C5(C)C)Sc2ccccc2C4(C)C)c(-c2ccccc2)c1. The van der Waals surface area contributed by atoms with Crippen LogP contribution in [-0.4, -0.2) is 12.3 Å². The van der Waals surface area contributed by atoms with Gasteiger partial charge in [0.25, 0.3) is 0 Å². The van der Waals surface area contributed by atoms with Gasteiger partial charge in [0.2, 0.25) is 0 Å². The molecule has 0 unspecified atom stereocenters. The minimum absolute atomic E-state index is 0.117. The van der Waals surface area contributed by atoms with Gasteiger partial charge < -0.3 is 9.88 Å². The Morgan fingerprint density at radius 2 is 1.33 bits per heavy atom. The van der Waals surface area contributed by atoms with E-state index in [9.17, 15) is 0 Å². The van der Waals surface area contributed by atoms with E-state index in [1.165, 1.54) is 121 Å². The summed E-state index contributed by atoms with van der Waals surface area (Å²) in [4.78, 5) is 9.45. The first-order chi connectivity index (χ1) is 30.6. The highest BCUT2D eigenvalue weighted by atomic mass is 32.2. The Bertz CT molecular complexity index is 3340. The van der Waals surface area contributed by atoms with Crippen LogP contribution in [0.5, 0.6) is 0 Å². The lowest BCUT2D eigenvalue weighted by molar-refractivity contribution is 0.608. The summed E-state index contributed by atoms with van der Waals surface area (Å²) in [6, 6.07) is 60.1. The van der Waals surface area contributed by atoms with Gasteiger partial charge >= 0.3 is 0 Å². The molecule has 0 saturated heterocycles. The molecule has 1 aliphatic carbocycles. The van der Waals surface area contributed by atoms with Crippen LogP contribution in [0.25, 0.3) is 55.2 Å². The van der Waals surface area contributed by atoms with E-state index in [1.807, 2.05) is 11.8 Å². The Morgan fingerprint density at radius 3 is 2.17 bits per heavy atom. The first kappa shape index (κ1) is 38.5. The van der Waals surface area contributed by atoms with Gasteiger partial charge in [0, 0.05) is 54.1 Å². The molecule has 1 atom stereocenters. The molecule has 0 spiro atoms. The second kappa shape index (κ2) is 14.1. The minimum atomic E-state index is -0.162. The Hall–Kier alpha value is -6.23. The first-order valence-electron chi connectivity index (χ1n) is 22.9. The number of anilines is 3. The van der Waals surface area contributed by atoms with Crippen molar-refractivity contribution in [2.45, 2.75) is 80.9 Å². The summed E-state index contributed by atoms with van der Waals surface area (Å²) in [6.07, 6.45) is 2.32. The van der Waals surface area contributed by atoms with E-state index in [2.05, 4.69) is 209 Å². The predicted molar refractivity (Wildman–Crippen MR) is 271 cm³/mol. The fourth-order valence-electron chi connectivity index (χ4n) is 11.7. The van der Waals surface area contributed by atoms with Crippen molar-refractivity contribution in [3.05, 3.63) is 186 Å². The van der Waals surface area contributed by atoms with E-state index in [0.29, 0.717) is 5.92 Å². The van der Waals surface area contributed by atoms with Crippen LogP contribution in [-0.2, 0) is 10.8 Å². The fourth-order valence-corrected chi connectivity index (χ4v) is 13.1. The number of hydrogen-bond donors (Lipinski definition) is 1. The quantitative estimate of drug-likeness (QED) is 0.168.